The summed E-state index contributed by atoms with van der Waals surface area (Å²) < 4.78 is 44.7. The number of carbonyl (C=O) groups is 1. The minimum atomic E-state index is -4.69. The van der Waals surface area contributed by atoms with Crippen molar-refractivity contribution in [1.29, 1.82) is 0 Å². The van der Waals surface area contributed by atoms with Crippen LogP contribution in [0.15, 0.2) is 42.7 Å². The number of nitrogens with two attached hydrogens (primary N) is 1. The molecule has 0 radical (unpaired) electrons. The highest BCUT2D eigenvalue weighted by atomic mass is 35.5. The number of aromatic nitrogens is 1. The SMILES string of the molecule is CONC=C(C(N)=O)c1ccccc1COc1ncc(Cl)cc1C(F)(F)F. The van der Waals surface area contributed by atoms with Crippen LogP contribution in [0, 0.1) is 0 Å². The van der Waals surface area contributed by atoms with Gasteiger partial charge in [0.05, 0.1) is 17.7 Å². The van der Waals surface area contributed by atoms with Gasteiger partial charge in [0.2, 0.25) is 5.88 Å². The lowest BCUT2D eigenvalue weighted by atomic mass is 10.0. The third-order valence-corrected chi connectivity index (χ3v) is 3.59. The van der Waals surface area contributed by atoms with Crippen molar-refractivity contribution in [2.75, 3.05) is 7.11 Å². The fourth-order valence-corrected chi connectivity index (χ4v) is 2.36. The maximum Gasteiger partial charge on any atom is 0.421 e. The summed E-state index contributed by atoms with van der Waals surface area (Å²) in [6.07, 6.45) is -2.40. The largest absolute Gasteiger partial charge is 0.472 e. The second kappa shape index (κ2) is 8.74. The molecule has 6 nitrogen and oxygen atoms in total. The van der Waals surface area contributed by atoms with E-state index in [-0.39, 0.29) is 17.2 Å². The Kier molecular flexibility index (Phi) is 6.65. The highest BCUT2D eigenvalue weighted by molar-refractivity contribution is 6.30. The van der Waals surface area contributed by atoms with E-state index in [0.717, 1.165) is 12.3 Å². The molecule has 0 saturated carbocycles. The first-order valence-corrected chi connectivity index (χ1v) is 7.84. The molecule has 10 heteroatoms. The highest BCUT2D eigenvalue weighted by Gasteiger charge is 2.35. The summed E-state index contributed by atoms with van der Waals surface area (Å²) in [5.41, 5.74) is 7.51. The Bertz CT molecular complexity index is 857. The number of ether oxygens (including phenoxy) is 1. The van der Waals surface area contributed by atoms with Gasteiger partial charge >= 0.3 is 6.18 Å². The number of nitrogens with one attached hydrogen (secondary N) is 1. The molecule has 0 atom stereocenters. The van der Waals surface area contributed by atoms with Crippen molar-refractivity contribution >= 4 is 23.1 Å². The van der Waals surface area contributed by atoms with Crippen LogP contribution in [-0.4, -0.2) is 18.0 Å². The van der Waals surface area contributed by atoms with Gasteiger partial charge in [-0.05, 0) is 17.2 Å². The maximum atomic E-state index is 13.1. The summed E-state index contributed by atoms with van der Waals surface area (Å²) in [6, 6.07) is 7.18. The van der Waals surface area contributed by atoms with E-state index >= 15 is 0 Å². The zero-order valence-electron chi connectivity index (χ0n) is 14.0. The molecule has 1 heterocycles. The molecule has 0 bridgehead atoms. The van der Waals surface area contributed by atoms with Crippen LogP contribution in [0.2, 0.25) is 5.02 Å². The molecule has 0 saturated heterocycles. The van der Waals surface area contributed by atoms with Gasteiger partial charge in [0, 0.05) is 12.4 Å². The van der Waals surface area contributed by atoms with Crippen LogP contribution in [0.4, 0.5) is 13.2 Å². The topological polar surface area (TPSA) is 86.5 Å². The number of alkyl halides is 3. The van der Waals surface area contributed by atoms with Crippen molar-refractivity contribution in [1.82, 2.24) is 10.5 Å². The summed E-state index contributed by atoms with van der Waals surface area (Å²) in [5.74, 6) is -1.38. The Morgan fingerprint density at radius 2 is 2.07 bits per heavy atom. The number of pyridine rings is 1. The van der Waals surface area contributed by atoms with Crippen molar-refractivity contribution in [3.8, 4) is 5.88 Å². The monoisotopic (exact) mass is 401 g/mol. The van der Waals surface area contributed by atoms with Crippen molar-refractivity contribution in [2.45, 2.75) is 12.8 Å². The Hall–Kier alpha value is -2.78. The lowest BCUT2D eigenvalue weighted by Crippen LogP contribution is -2.17. The lowest BCUT2D eigenvalue weighted by Gasteiger charge is -2.15. The fraction of sp³-hybridized carbons (Fsp3) is 0.176. The first kappa shape index (κ1) is 20.5. The quantitative estimate of drug-likeness (QED) is 0.549. The number of hydrogen-bond donors (Lipinski definition) is 2. The van der Waals surface area contributed by atoms with E-state index in [1.165, 1.54) is 13.3 Å². The Balaban J connectivity index is 2.34. The number of halogens is 4. The molecule has 1 aromatic heterocycles. The van der Waals surface area contributed by atoms with Gasteiger partial charge in [-0.2, -0.15) is 13.2 Å². The molecule has 2 rings (SSSR count). The molecule has 0 spiro atoms. The smallest absolute Gasteiger partial charge is 0.421 e. The summed E-state index contributed by atoms with van der Waals surface area (Å²) in [4.78, 5) is 20.0. The average Bonchev–Trinajstić information content (AvgIpc) is 2.61. The van der Waals surface area contributed by atoms with E-state index in [9.17, 15) is 18.0 Å². The molecule has 0 aliphatic heterocycles. The van der Waals surface area contributed by atoms with E-state index in [1.54, 1.807) is 24.3 Å². The van der Waals surface area contributed by atoms with Gasteiger partial charge in [-0.1, -0.05) is 35.9 Å². The minimum Gasteiger partial charge on any atom is -0.472 e. The maximum absolute atomic E-state index is 13.1. The number of hydrogen-bond acceptors (Lipinski definition) is 5. The molecule has 27 heavy (non-hydrogen) atoms. The number of amides is 1. The molecule has 0 unspecified atom stereocenters. The van der Waals surface area contributed by atoms with E-state index in [1.807, 2.05) is 0 Å². The summed E-state index contributed by atoms with van der Waals surface area (Å²) in [7, 11) is 1.34. The van der Waals surface area contributed by atoms with Gasteiger partial charge < -0.3 is 10.5 Å². The Labute approximate surface area is 157 Å². The number of rotatable bonds is 7. The molecular weight excluding hydrogens is 387 g/mol. The van der Waals surface area contributed by atoms with Crippen molar-refractivity contribution in [2.24, 2.45) is 5.73 Å². The van der Waals surface area contributed by atoms with Gasteiger partial charge in [0.25, 0.3) is 5.91 Å². The first-order chi connectivity index (χ1) is 12.7. The number of nitrogens with zero attached hydrogens (tertiary/aromatic N) is 1. The fourth-order valence-electron chi connectivity index (χ4n) is 2.20. The molecule has 3 N–H and O–H groups in total. The van der Waals surface area contributed by atoms with Crippen molar-refractivity contribution < 1.29 is 27.5 Å². The van der Waals surface area contributed by atoms with Crippen LogP contribution in [-0.2, 0) is 22.4 Å². The molecule has 1 amide bonds. The zero-order valence-corrected chi connectivity index (χ0v) is 14.8. The predicted molar refractivity (Wildman–Crippen MR) is 92.3 cm³/mol. The van der Waals surface area contributed by atoms with Crippen LogP contribution in [0.3, 0.4) is 0 Å². The number of carbonyl (C=O) groups excluding carboxylic acids is 1. The summed E-state index contributed by atoms with van der Waals surface area (Å²) in [6.45, 7) is -0.286. The third kappa shape index (κ3) is 5.35. The molecular formula is C17H15ClF3N3O3. The lowest BCUT2D eigenvalue weighted by molar-refractivity contribution is -0.139. The molecule has 2 aromatic rings. The molecule has 0 aliphatic rings. The second-order valence-corrected chi connectivity index (χ2v) is 5.63. The van der Waals surface area contributed by atoms with Crippen molar-refractivity contribution in [3.05, 3.63) is 64.4 Å². The zero-order chi connectivity index (χ0) is 20.0. The van der Waals surface area contributed by atoms with Gasteiger partial charge in [-0.3, -0.25) is 15.1 Å². The van der Waals surface area contributed by atoms with E-state index < -0.39 is 23.5 Å². The standard InChI is InChI=1S/C17H15ClF3N3O3/c1-26-24-8-13(15(22)25)12-5-3-2-4-10(12)9-27-16-14(17(19,20)21)6-11(18)7-23-16/h2-8,24H,9H2,1H3,(H2,22,25). The van der Waals surface area contributed by atoms with Gasteiger partial charge in [0.15, 0.2) is 0 Å². The van der Waals surface area contributed by atoms with Crippen LogP contribution < -0.4 is 16.0 Å². The Morgan fingerprint density at radius 1 is 1.37 bits per heavy atom. The normalized spacial score (nSPS) is 12.0. The molecule has 144 valence electrons. The van der Waals surface area contributed by atoms with Gasteiger partial charge in [-0.15, -0.1) is 0 Å². The molecule has 0 fully saturated rings. The second-order valence-electron chi connectivity index (χ2n) is 5.19. The van der Waals surface area contributed by atoms with Crippen LogP contribution in [0.5, 0.6) is 5.88 Å². The Morgan fingerprint density at radius 3 is 2.70 bits per heavy atom. The number of hydroxylamine groups is 1. The van der Waals surface area contributed by atoms with E-state index in [4.69, 9.17) is 22.1 Å². The summed E-state index contributed by atoms with van der Waals surface area (Å²) >= 11 is 5.59. The van der Waals surface area contributed by atoms with Crippen LogP contribution >= 0.6 is 11.6 Å². The highest BCUT2D eigenvalue weighted by Crippen LogP contribution is 2.36. The van der Waals surface area contributed by atoms with E-state index in [2.05, 4.69) is 15.3 Å². The average molecular weight is 402 g/mol. The number of benzene rings is 1. The first-order valence-electron chi connectivity index (χ1n) is 7.46. The third-order valence-electron chi connectivity index (χ3n) is 3.38. The van der Waals surface area contributed by atoms with Crippen LogP contribution in [0.25, 0.3) is 5.57 Å². The van der Waals surface area contributed by atoms with E-state index in [0.29, 0.717) is 11.1 Å². The van der Waals surface area contributed by atoms with Crippen LogP contribution in [0.1, 0.15) is 16.7 Å². The number of primary amides is 1. The van der Waals surface area contributed by atoms with Gasteiger partial charge in [-0.25, -0.2) is 4.98 Å². The summed E-state index contributed by atoms with van der Waals surface area (Å²) in [5, 5.41) is -0.167. The molecule has 1 aromatic carbocycles. The van der Waals surface area contributed by atoms with Gasteiger partial charge in [0.1, 0.15) is 12.2 Å². The van der Waals surface area contributed by atoms with Crippen molar-refractivity contribution in [3.63, 3.8) is 0 Å². The molecule has 0 aliphatic carbocycles. The minimum absolute atomic E-state index is 0.0659. The predicted octanol–water partition coefficient (Wildman–Crippen LogP) is 3.31.